The summed E-state index contributed by atoms with van der Waals surface area (Å²) in [5, 5.41) is 8.95. The lowest BCUT2D eigenvalue weighted by molar-refractivity contribution is -0.137. The predicted octanol–water partition coefficient (Wildman–Crippen LogP) is 3.30. The maximum absolute atomic E-state index is 12.5. The Balaban J connectivity index is 1.47. The third-order valence-electron chi connectivity index (χ3n) is 6.05. The lowest BCUT2D eigenvalue weighted by atomic mass is 9.76. The molecule has 8 atom stereocenters. The number of carboxylic acids is 1. The van der Waals surface area contributed by atoms with Gasteiger partial charge in [0.15, 0.2) is 0 Å². The van der Waals surface area contributed by atoms with Gasteiger partial charge in [0, 0.05) is 6.42 Å². The van der Waals surface area contributed by atoms with Gasteiger partial charge in [0.25, 0.3) is 0 Å². The van der Waals surface area contributed by atoms with Crippen molar-refractivity contribution in [3.8, 4) is 0 Å². The van der Waals surface area contributed by atoms with Crippen molar-refractivity contribution in [3.05, 3.63) is 12.2 Å². The third kappa shape index (κ3) is 4.64. The van der Waals surface area contributed by atoms with E-state index in [9.17, 15) is 9.35 Å². The van der Waals surface area contributed by atoms with Crippen LogP contribution in [-0.4, -0.2) is 51.0 Å². The monoisotopic (exact) mass is 384 g/mol. The van der Waals surface area contributed by atoms with Crippen molar-refractivity contribution in [2.75, 3.05) is 5.75 Å². The fraction of sp³-hybridized carbons (Fsp3) is 0.850. The summed E-state index contributed by atoms with van der Waals surface area (Å²) >= 11 is -0.760. The lowest BCUT2D eigenvalue weighted by Gasteiger charge is -2.26. The number of allylic oxidation sites excluding steroid dienone is 2. The van der Waals surface area contributed by atoms with E-state index >= 15 is 0 Å². The number of aliphatic carboxylic acids is 1. The molecule has 3 rings (SSSR count). The first-order valence-corrected chi connectivity index (χ1v) is 11.5. The van der Waals surface area contributed by atoms with E-state index in [1.165, 1.54) is 0 Å². The smallest absolute Gasteiger partial charge is 0.303 e. The van der Waals surface area contributed by atoms with Crippen molar-refractivity contribution in [3.63, 3.8) is 0 Å². The van der Waals surface area contributed by atoms with E-state index in [1.807, 2.05) is 0 Å². The second kappa shape index (κ2) is 9.09. The van der Waals surface area contributed by atoms with Crippen LogP contribution in [0.2, 0.25) is 0 Å². The maximum Gasteiger partial charge on any atom is 0.303 e. The van der Waals surface area contributed by atoms with Crippen LogP contribution >= 0.6 is 0 Å². The minimum absolute atomic E-state index is 0.189. The van der Waals surface area contributed by atoms with Gasteiger partial charge in [-0.05, 0) is 50.9 Å². The normalized spacial score (nSPS) is 37.0. The quantitative estimate of drug-likeness (QED) is 0.242. The molecular formula is C20H32O5S. The summed E-state index contributed by atoms with van der Waals surface area (Å²) in [4.78, 5) is 10.5. The summed E-state index contributed by atoms with van der Waals surface area (Å²) in [5.74, 6) is 0.902. The Morgan fingerprint density at radius 1 is 1.19 bits per heavy atom. The number of hydrogen-bond donors (Lipinski definition) is 1. The standard InChI is InChI=1S/C20H32O5S/c1-3-8-13(2)26(23)12-11-15-14(9-6-4-5-7-10-16(21)22)17-19-20(25-19)18(15)24-17/h4,6,13-15,17-20H,3,5,7-12H2,1-2H3,(H,21,22)/b6-4-/t13?,14-,15+,17+,18-,19-,20+,26?/m0/s1. The lowest BCUT2D eigenvalue weighted by Crippen LogP contribution is -2.34. The highest BCUT2D eigenvalue weighted by Crippen LogP contribution is 2.55. The van der Waals surface area contributed by atoms with Crippen molar-refractivity contribution >= 4 is 17.1 Å². The van der Waals surface area contributed by atoms with Crippen molar-refractivity contribution in [2.45, 2.75) is 88.5 Å². The number of fused-ring (bicyclic) bond motifs is 5. The Morgan fingerprint density at radius 2 is 1.88 bits per heavy atom. The first-order chi connectivity index (χ1) is 12.5. The minimum Gasteiger partial charge on any atom is -0.616 e. The van der Waals surface area contributed by atoms with Gasteiger partial charge in [0.1, 0.15) is 23.2 Å². The highest BCUT2D eigenvalue weighted by Gasteiger charge is 2.68. The first-order valence-electron chi connectivity index (χ1n) is 10.1. The van der Waals surface area contributed by atoms with Crippen LogP contribution in [0.15, 0.2) is 12.2 Å². The highest BCUT2D eigenvalue weighted by molar-refractivity contribution is 7.91. The van der Waals surface area contributed by atoms with Gasteiger partial charge in [-0.25, -0.2) is 0 Å². The molecule has 0 spiro atoms. The van der Waals surface area contributed by atoms with E-state index < -0.39 is 17.1 Å². The molecule has 148 valence electrons. The zero-order chi connectivity index (χ0) is 18.7. The number of unbranched alkanes of at least 4 members (excludes halogenated alkanes) is 1. The molecule has 0 amide bonds. The molecule has 0 radical (unpaired) electrons. The van der Waals surface area contributed by atoms with E-state index in [0.29, 0.717) is 18.3 Å². The molecule has 0 saturated carbocycles. The molecule has 2 bridgehead atoms. The first kappa shape index (κ1) is 20.2. The molecule has 2 unspecified atom stereocenters. The molecule has 0 aromatic heterocycles. The predicted molar refractivity (Wildman–Crippen MR) is 102 cm³/mol. The number of rotatable bonds is 12. The molecular weight excluding hydrogens is 352 g/mol. The summed E-state index contributed by atoms with van der Waals surface area (Å²) in [7, 11) is 0. The Labute approximate surface area is 159 Å². The molecule has 3 aliphatic rings. The van der Waals surface area contributed by atoms with E-state index in [1.54, 1.807) is 0 Å². The van der Waals surface area contributed by atoms with Gasteiger partial charge in [-0.3, -0.25) is 4.79 Å². The summed E-state index contributed by atoms with van der Waals surface area (Å²) in [5.41, 5.74) is 0. The van der Waals surface area contributed by atoms with Crippen LogP contribution in [-0.2, 0) is 25.4 Å². The largest absolute Gasteiger partial charge is 0.616 e. The van der Waals surface area contributed by atoms with Crippen LogP contribution in [0.4, 0.5) is 0 Å². The minimum atomic E-state index is -0.760. The third-order valence-corrected chi connectivity index (χ3v) is 7.82. The molecule has 6 heteroatoms. The van der Waals surface area contributed by atoms with Gasteiger partial charge >= 0.3 is 5.97 Å². The number of epoxide rings is 1. The number of carbonyl (C=O) groups is 1. The van der Waals surface area contributed by atoms with Gasteiger partial charge in [-0.15, -0.1) is 0 Å². The number of hydrogen-bond acceptors (Lipinski definition) is 4. The maximum atomic E-state index is 12.5. The van der Waals surface area contributed by atoms with Crippen LogP contribution in [0.5, 0.6) is 0 Å². The van der Waals surface area contributed by atoms with Crippen molar-refractivity contribution in [1.29, 1.82) is 0 Å². The zero-order valence-electron chi connectivity index (χ0n) is 15.8. The Bertz CT molecular complexity index is 510. The van der Waals surface area contributed by atoms with Crippen LogP contribution < -0.4 is 0 Å². The van der Waals surface area contributed by atoms with Crippen LogP contribution in [0.3, 0.4) is 0 Å². The molecule has 3 heterocycles. The van der Waals surface area contributed by atoms with Crippen LogP contribution in [0.25, 0.3) is 0 Å². The SMILES string of the molecule is CCCC(C)[S+]([O-])CC[C@@H]1[C@H](C/C=C\CCCC(=O)O)[C@H]2O[C@@H]1[C@H]1O[C@H]12. The Hall–Kier alpha value is -0.560. The van der Waals surface area contributed by atoms with Gasteiger partial charge in [0.2, 0.25) is 0 Å². The Kier molecular flexibility index (Phi) is 7.05. The highest BCUT2D eigenvalue weighted by atomic mass is 32.2. The molecule has 0 aromatic rings. The molecule has 5 nitrogen and oxygen atoms in total. The van der Waals surface area contributed by atoms with Crippen LogP contribution in [0, 0.1) is 11.8 Å². The molecule has 26 heavy (non-hydrogen) atoms. The van der Waals surface area contributed by atoms with E-state index in [4.69, 9.17) is 14.6 Å². The number of carboxylic acid groups (broad SMARTS) is 1. The summed E-state index contributed by atoms with van der Waals surface area (Å²) in [6.07, 6.45) is 10.9. The molecule has 3 saturated heterocycles. The van der Waals surface area contributed by atoms with Crippen LogP contribution in [0.1, 0.15) is 58.8 Å². The van der Waals surface area contributed by atoms with Gasteiger partial charge < -0.3 is 19.1 Å². The molecule has 3 aliphatic heterocycles. The van der Waals surface area contributed by atoms with Crippen molar-refractivity contribution in [1.82, 2.24) is 0 Å². The summed E-state index contributed by atoms with van der Waals surface area (Å²) < 4.78 is 24.4. The van der Waals surface area contributed by atoms with Gasteiger partial charge in [-0.2, -0.15) is 0 Å². The number of ether oxygens (including phenoxy) is 2. The topological polar surface area (TPSA) is 82.1 Å². The fourth-order valence-electron chi connectivity index (χ4n) is 4.60. The van der Waals surface area contributed by atoms with Crippen molar-refractivity contribution < 1.29 is 23.9 Å². The Morgan fingerprint density at radius 3 is 2.58 bits per heavy atom. The van der Waals surface area contributed by atoms with Gasteiger partial charge in [0.05, 0.1) is 12.2 Å². The van der Waals surface area contributed by atoms with E-state index in [2.05, 4.69) is 26.0 Å². The molecule has 0 aromatic carbocycles. The average molecular weight is 385 g/mol. The molecule has 3 fully saturated rings. The zero-order valence-corrected chi connectivity index (χ0v) is 16.7. The second-order valence-electron chi connectivity index (χ2n) is 7.92. The van der Waals surface area contributed by atoms with E-state index in [-0.39, 0.29) is 36.1 Å². The average Bonchev–Trinajstić information content (AvgIpc) is 3.23. The fourth-order valence-corrected chi connectivity index (χ4v) is 6.00. The van der Waals surface area contributed by atoms with Crippen molar-refractivity contribution in [2.24, 2.45) is 11.8 Å². The molecule has 1 N–H and O–H groups in total. The van der Waals surface area contributed by atoms with Gasteiger partial charge in [-0.1, -0.05) is 36.7 Å². The summed E-state index contributed by atoms with van der Waals surface area (Å²) in [6, 6.07) is 0. The summed E-state index contributed by atoms with van der Waals surface area (Å²) in [6.45, 7) is 4.23. The van der Waals surface area contributed by atoms with E-state index in [0.717, 1.165) is 37.9 Å². The second-order valence-corrected chi connectivity index (χ2v) is 9.90. The molecule has 0 aliphatic carbocycles.